The van der Waals surface area contributed by atoms with Crippen LogP contribution in [0.5, 0.6) is 0 Å². The Labute approximate surface area is 178 Å². The van der Waals surface area contributed by atoms with Gasteiger partial charge < -0.3 is 5.11 Å². The maximum absolute atomic E-state index is 12.9. The highest BCUT2D eigenvalue weighted by Crippen LogP contribution is 2.67. The fourth-order valence-electron chi connectivity index (χ4n) is 8.22. The SMILES string of the molecule is CC(C)=CCC(=O)[C@@H](C)[C@H]1CC[C@H]2[C@@H]3CC=C4CC(O)CC[C@]4(C)[C@H]3CC[C@]12C. The van der Waals surface area contributed by atoms with Gasteiger partial charge in [-0.3, -0.25) is 4.79 Å². The number of allylic oxidation sites excluding steroid dienone is 3. The molecule has 162 valence electrons. The Morgan fingerprint density at radius 2 is 1.93 bits per heavy atom. The quantitative estimate of drug-likeness (QED) is 0.550. The zero-order chi connectivity index (χ0) is 21.0. The maximum atomic E-state index is 12.9. The molecule has 1 unspecified atom stereocenters. The number of fused-ring (bicyclic) bond motifs is 5. The van der Waals surface area contributed by atoms with Gasteiger partial charge in [0.1, 0.15) is 5.78 Å². The van der Waals surface area contributed by atoms with Crippen molar-refractivity contribution < 1.29 is 9.90 Å². The fourth-order valence-corrected chi connectivity index (χ4v) is 8.22. The van der Waals surface area contributed by atoms with Crippen LogP contribution in [0.3, 0.4) is 0 Å². The van der Waals surface area contributed by atoms with E-state index < -0.39 is 0 Å². The first-order chi connectivity index (χ1) is 13.7. The molecule has 0 spiro atoms. The second-order valence-electron chi connectivity index (χ2n) is 11.6. The monoisotopic (exact) mass is 398 g/mol. The molecular weight excluding hydrogens is 356 g/mol. The lowest BCUT2D eigenvalue weighted by molar-refractivity contribution is -0.126. The summed E-state index contributed by atoms with van der Waals surface area (Å²) in [7, 11) is 0. The summed E-state index contributed by atoms with van der Waals surface area (Å²) in [4.78, 5) is 12.9. The van der Waals surface area contributed by atoms with Crippen molar-refractivity contribution in [2.45, 2.75) is 98.5 Å². The van der Waals surface area contributed by atoms with Crippen molar-refractivity contribution >= 4 is 5.78 Å². The predicted molar refractivity (Wildman–Crippen MR) is 119 cm³/mol. The molecule has 4 aliphatic rings. The Kier molecular flexibility index (Phi) is 5.64. The van der Waals surface area contributed by atoms with Gasteiger partial charge in [0, 0.05) is 12.3 Å². The topological polar surface area (TPSA) is 37.3 Å². The number of hydrogen-bond donors (Lipinski definition) is 1. The van der Waals surface area contributed by atoms with Crippen molar-refractivity contribution in [3.63, 3.8) is 0 Å². The molecule has 0 amide bonds. The minimum atomic E-state index is -0.122. The molecule has 0 aromatic rings. The van der Waals surface area contributed by atoms with Crippen LogP contribution in [0, 0.1) is 40.4 Å². The van der Waals surface area contributed by atoms with E-state index in [0.717, 1.165) is 37.0 Å². The Balaban J connectivity index is 1.54. The summed E-state index contributed by atoms with van der Waals surface area (Å²) in [5.41, 5.74) is 3.45. The van der Waals surface area contributed by atoms with E-state index in [9.17, 15) is 9.90 Å². The molecule has 1 N–H and O–H groups in total. The van der Waals surface area contributed by atoms with Gasteiger partial charge in [0.05, 0.1) is 6.10 Å². The van der Waals surface area contributed by atoms with E-state index in [0.29, 0.717) is 29.0 Å². The van der Waals surface area contributed by atoms with E-state index in [-0.39, 0.29) is 12.0 Å². The van der Waals surface area contributed by atoms with Gasteiger partial charge in [-0.1, -0.05) is 44.1 Å². The van der Waals surface area contributed by atoms with E-state index >= 15 is 0 Å². The summed E-state index contributed by atoms with van der Waals surface area (Å²) in [6, 6.07) is 0. The van der Waals surface area contributed by atoms with Gasteiger partial charge in [0.2, 0.25) is 0 Å². The largest absolute Gasteiger partial charge is 0.393 e. The number of aliphatic hydroxyl groups excluding tert-OH is 1. The van der Waals surface area contributed by atoms with Gasteiger partial charge in [0.25, 0.3) is 0 Å². The highest BCUT2D eigenvalue weighted by molar-refractivity contribution is 5.82. The maximum Gasteiger partial charge on any atom is 0.139 e. The molecule has 4 aliphatic carbocycles. The van der Waals surface area contributed by atoms with Crippen LogP contribution in [-0.2, 0) is 4.79 Å². The fraction of sp³-hybridized carbons (Fsp3) is 0.815. The lowest BCUT2D eigenvalue weighted by Gasteiger charge is -2.58. The normalized spacial score (nSPS) is 44.8. The highest BCUT2D eigenvalue weighted by Gasteiger charge is 2.59. The zero-order valence-corrected chi connectivity index (χ0v) is 19.3. The number of aliphatic hydroxyl groups is 1. The second-order valence-corrected chi connectivity index (χ2v) is 11.6. The van der Waals surface area contributed by atoms with Crippen LogP contribution >= 0.6 is 0 Å². The molecule has 29 heavy (non-hydrogen) atoms. The molecule has 2 heteroatoms. The lowest BCUT2D eigenvalue weighted by atomic mass is 9.47. The molecule has 8 atom stereocenters. The second kappa shape index (κ2) is 7.66. The summed E-state index contributed by atoms with van der Waals surface area (Å²) in [5, 5.41) is 10.2. The van der Waals surface area contributed by atoms with Gasteiger partial charge in [-0.05, 0) is 99.7 Å². The van der Waals surface area contributed by atoms with Crippen molar-refractivity contribution in [3.05, 3.63) is 23.3 Å². The standard InChI is InChI=1S/C27H42O2/c1-17(2)6-11-25(29)18(3)22-9-10-23-21-8-7-19-16-20(28)12-14-26(19,4)24(21)13-15-27(22,23)5/h6-7,18,20-24,28H,8-16H2,1-5H3/t18-,20?,21-,22+,23-,24-,26-,27+/m0/s1. The van der Waals surface area contributed by atoms with E-state index in [4.69, 9.17) is 0 Å². The van der Waals surface area contributed by atoms with E-state index in [1.807, 2.05) is 0 Å². The molecular formula is C27H42O2. The molecule has 0 bridgehead atoms. The first-order valence-electron chi connectivity index (χ1n) is 12.2. The van der Waals surface area contributed by atoms with Crippen LogP contribution in [0.15, 0.2) is 23.3 Å². The Morgan fingerprint density at radius 1 is 1.17 bits per heavy atom. The van der Waals surface area contributed by atoms with Gasteiger partial charge in [-0.2, -0.15) is 0 Å². The van der Waals surface area contributed by atoms with Crippen molar-refractivity contribution in [2.24, 2.45) is 40.4 Å². The van der Waals surface area contributed by atoms with Crippen LogP contribution in [0.1, 0.15) is 92.4 Å². The highest BCUT2D eigenvalue weighted by atomic mass is 16.3. The van der Waals surface area contributed by atoms with E-state index in [2.05, 4.69) is 46.8 Å². The molecule has 0 aliphatic heterocycles. The predicted octanol–water partition coefficient (Wildman–Crippen LogP) is 6.49. The van der Waals surface area contributed by atoms with Gasteiger partial charge in [-0.25, -0.2) is 0 Å². The number of ketones is 1. The summed E-state index contributed by atoms with van der Waals surface area (Å²) in [6.07, 6.45) is 14.5. The van der Waals surface area contributed by atoms with Crippen molar-refractivity contribution in [1.29, 1.82) is 0 Å². The van der Waals surface area contributed by atoms with E-state index in [1.54, 1.807) is 5.57 Å². The van der Waals surface area contributed by atoms with Crippen LogP contribution < -0.4 is 0 Å². The summed E-state index contributed by atoms with van der Waals surface area (Å²) < 4.78 is 0. The van der Waals surface area contributed by atoms with Crippen LogP contribution in [0.25, 0.3) is 0 Å². The lowest BCUT2D eigenvalue weighted by Crippen LogP contribution is -2.51. The smallest absolute Gasteiger partial charge is 0.139 e. The van der Waals surface area contributed by atoms with Crippen molar-refractivity contribution in [3.8, 4) is 0 Å². The number of rotatable bonds is 4. The minimum absolute atomic E-state index is 0.122. The Bertz CT molecular complexity index is 714. The zero-order valence-electron chi connectivity index (χ0n) is 19.3. The molecule has 0 aromatic carbocycles. The average Bonchev–Trinajstić information content (AvgIpc) is 3.03. The molecule has 3 fully saturated rings. The third kappa shape index (κ3) is 3.48. The van der Waals surface area contributed by atoms with Gasteiger partial charge in [-0.15, -0.1) is 0 Å². The summed E-state index contributed by atoms with van der Waals surface area (Å²) in [5.74, 6) is 3.52. The summed E-state index contributed by atoms with van der Waals surface area (Å²) >= 11 is 0. The molecule has 2 nitrogen and oxygen atoms in total. The number of carbonyl (C=O) groups is 1. The average molecular weight is 399 g/mol. The Hall–Kier alpha value is -0.890. The molecule has 3 saturated carbocycles. The van der Waals surface area contributed by atoms with Gasteiger partial charge >= 0.3 is 0 Å². The number of hydrogen-bond acceptors (Lipinski definition) is 2. The first-order valence-corrected chi connectivity index (χ1v) is 12.2. The number of carbonyl (C=O) groups excluding carboxylic acids is 1. The van der Waals surface area contributed by atoms with E-state index in [1.165, 1.54) is 37.7 Å². The third-order valence-corrected chi connectivity index (χ3v) is 9.97. The number of Topliss-reactive ketones (excluding diaryl/α,β-unsaturated/α-hetero) is 1. The molecule has 0 heterocycles. The third-order valence-electron chi connectivity index (χ3n) is 9.97. The minimum Gasteiger partial charge on any atom is -0.393 e. The summed E-state index contributed by atoms with van der Waals surface area (Å²) in [6.45, 7) is 11.4. The molecule has 0 saturated heterocycles. The molecule has 4 rings (SSSR count). The van der Waals surface area contributed by atoms with Gasteiger partial charge in [0.15, 0.2) is 0 Å². The first kappa shape index (κ1) is 21.3. The Morgan fingerprint density at radius 3 is 2.66 bits per heavy atom. The van der Waals surface area contributed by atoms with Crippen molar-refractivity contribution in [2.75, 3.05) is 0 Å². The van der Waals surface area contributed by atoms with Crippen LogP contribution in [-0.4, -0.2) is 17.0 Å². The van der Waals surface area contributed by atoms with Crippen LogP contribution in [0.4, 0.5) is 0 Å². The molecule has 0 aromatic heterocycles. The molecule has 0 radical (unpaired) electrons. The van der Waals surface area contributed by atoms with Crippen LogP contribution in [0.2, 0.25) is 0 Å². The van der Waals surface area contributed by atoms with Crippen molar-refractivity contribution in [1.82, 2.24) is 0 Å².